The Balaban J connectivity index is 1.44. The largest absolute Gasteiger partial charge is 0.366 e. The standard InChI is InChI=1S/C19H23FN6O2/c20-14-3-1-12(9-14)19(28)26-7-5-25(6-8-26)16-11-23-18-17(24-16)13(10-22-18)2-4-15(21)27/h2,4,10-12,14H,1,3,5-9H2,(H2,21,27)(H,22,23)/t12-,14-/m1/s1. The second-order valence-electron chi connectivity index (χ2n) is 7.32. The summed E-state index contributed by atoms with van der Waals surface area (Å²) in [6.45, 7) is 2.48. The zero-order valence-electron chi connectivity index (χ0n) is 15.5. The number of rotatable bonds is 4. The summed E-state index contributed by atoms with van der Waals surface area (Å²) < 4.78 is 13.4. The third-order valence-electron chi connectivity index (χ3n) is 5.46. The van der Waals surface area contributed by atoms with Gasteiger partial charge in [-0.3, -0.25) is 9.59 Å². The van der Waals surface area contributed by atoms with Crippen molar-refractivity contribution in [2.45, 2.75) is 25.4 Å². The van der Waals surface area contributed by atoms with Gasteiger partial charge in [0.15, 0.2) is 5.65 Å². The van der Waals surface area contributed by atoms with Crippen molar-refractivity contribution in [1.29, 1.82) is 0 Å². The summed E-state index contributed by atoms with van der Waals surface area (Å²) in [5, 5.41) is 0. The van der Waals surface area contributed by atoms with Gasteiger partial charge in [0.05, 0.1) is 6.20 Å². The van der Waals surface area contributed by atoms with Crippen LogP contribution in [0.5, 0.6) is 0 Å². The summed E-state index contributed by atoms with van der Waals surface area (Å²) >= 11 is 0. The Morgan fingerprint density at radius 3 is 2.71 bits per heavy atom. The van der Waals surface area contributed by atoms with Gasteiger partial charge in [-0.25, -0.2) is 14.4 Å². The molecule has 28 heavy (non-hydrogen) atoms. The van der Waals surface area contributed by atoms with Crippen LogP contribution in [0.15, 0.2) is 18.5 Å². The molecule has 0 unspecified atom stereocenters. The highest BCUT2D eigenvalue weighted by molar-refractivity contribution is 5.93. The first-order chi connectivity index (χ1) is 13.5. The van der Waals surface area contributed by atoms with E-state index in [-0.39, 0.29) is 11.8 Å². The van der Waals surface area contributed by atoms with Crippen LogP contribution in [0.2, 0.25) is 0 Å². The molecule has 9 heteroatoms. The van der Waals surface area contributed by atoms with Gasteiger partial charge in [-0.05, 0) is 25.3 Å². The Kier molecular flexibility index (Phi) is 4.97. The van der Waals surface area contributed by atoms with Gasteiger partial charge in [0.1, 0.15) is 17.5 Å². The first-order valence-corrected chi connectivity index (χ1v) is 9.50. The lowest BCUT2D eigenvalue weighted by Gasteiger charge is -2.36. The molecule has 0 bridgehead atoms. The highest BCUT2D eigenvalue weighted by Gasteiger charge is 2.34. The van der Waals surface area contributed by atoms with Crippen molar-refractivity contribution in [2.75, 3.05) is 31.1 Å². The van der Waals surface area contributed by atoms with Crippen LogP contribution in [0, 0.1) is 5.92 Å². The predicted octanol–water partition coefficient (Wildman–Crippen LogP) is 1.24. The van der Waals surface area contributed by atoms with Crippen molar-refractivity contribution in [3.8, 4) is 0 Å². The van der Waals surface area contributed by atoms with Crippen molar-refractivity contribution in [1.82, 2.24) is 19.9 Å². The number of hydrogen-bond donors (Lipinski definition) is 2. The summed E-state index contributed by atoms with van der Waals surface area (Å²) in [6.07, 6.45) is 6.98. The normalized spacial score (nSPS) is 23.0. The van der Waals surface area contributed by atoms with E-state index in [1.807, 2.05) is 4.90 Å². The predicted molar refractivity (Wildman–Crippen MR) is 103 cm³/mol. The lowest BCUT2D eigenvalue weighted by atomic mass is 10.1. The molecule has 3 N–H and O–H groups in total. The van der Waals surface area contributed by atoms with E-state index in [0.717, 1.165) is 11.4 Å². The number of halogens is 1. The van der Waals surface area contributed by atoms with Crippen molar-refractivity contribution in [2.24, 2.45) is 11.7 Å². The van der Waals surface area contributed by atoms with Gasteiger partial charge in [0, 0.05) is 49.9 Å². The molecule has 2 fully saturated rings. The number of primary amides is 1. The summed E-state index contributed by atoms with van der Waals surface area (Å²) in [4.78, 5) is 39.5. The summed E-state index contributed by atoms with van der Waals surface area (Å²) in [6, 6.07) is 0. The molecule has 148 valence electrons. The number of carbonyl (C=O) groups excluding carboxylic acids is 2. The van der Waals surface area contributed by atoms with Gasteiger partial charge >= 0.3 is 0 Å². The molecule has 1 saturated heterocycles. The second kappa shape index (κ2) is 7.57. The van der Waals surface area contributed by atoms with E-state index in [1.165, 1.54) is 6.08 Å². The average Bonchev–Trinajstić information content (AvgIpc) is 3.31. The van der Waals surface area contributed by atoms with Gasteiger partial charge in [-0.1, -0.05) is 0 Å². The molecule has 0 radical (unpaired) electrons. The van der Waals surface area contributed by atoms with Gasteiger partial charge in [0.2, 0.25) is 11.8 Å². The number of aromatic nitrogens is 3. The molecule has 2 atom stereocenters. The Bertz CT molecular complexity index is 918. The number of hydrogen-bond acceptors (Lipinski definition) is 5. The van der Waals surface area contributed by atoms with E-state index in [9.17, 15) is 14.0 Å². The number of nitrogens with zero attached hydrogens (tertiary/aromatic N) is 4. The lowest BCUT2D eigenvalue weighted by Crippen LogP contribution is -2.50. The molecule has 1 aliphatic heterocycles. The number of nitrogens with two attached hydrogens (primary N) is 1. The number of aromatic amines is 1. The Morgan fingerprint density at radius 1 is 1.25 bits per heavy atom. The highest BCUT2D eigenvalue weighted by Crippen LogP contribution is 2.30. The number of piperazine rings is 1. The molecule has 2 aromatic rings. The molecule has 8 nitrogen and oxygen atoms in total. The third-order valence-corrected chi connectivity index (χ3v) is 5.46. The molecular formula is C19H23FN6O2. The van der Waals surface area contributed by atoms with Gasteiger partial charge in [-0.2, -0.15) is 0 Å². The minimum Gasteiger partial charge on any atom is -0.366 e. The molecule has 2 aromatic heterocycles. The van der Waals surface area contributed by atoms with Crippen LogP contribution in [0.3, 0.4) is 0 Å². The van der Waals surface area contributed by atoms with Crippen LogP contribution < -0.4 is 10.6 Å². The first-order valence-electron chi connectivity index (χ1n) is 9.50. The fourth-order valence-electron chi connectivity index (χ4n) is 3.92. The maximum Gasteiger partial charge on any atom is 0.241 e. The SMILES string of the molecule is NC(=O)C=Cc1c[nH]c2ncc(N3CCN(C(=O)[C@@H]4CC[C@@H](F)C4)CC3)nc12. The van der Waals surface area contributed by atoms with E-state index in [1.54, 1.807) is 18.5 Å². The van der Waals surface area contributed by atoms with E-state index >= 15 is 0 Å². The van der Waals surface area contributed by atoms with Crippen molar-refractivity contribution >= 4 is 34.9 Å². The fourth-order valence-corrected chi connectivity index (χ4v) is 3.92. The maximum atomic E-state index is 13.4. The number of alkyl halides is 1. The third kappa shape index (κ3) is 3.69. The smallest absolute Gasteiger partial charge is 0.241 e. The molecule has 0 spiro atoms. The summed E-state index contributed by atoms with van der Waals surface area (Å²) in [5.74, 6) is 0.0983. The van der Waals surface area contributed by atoms with Crippen LogP contribution in [-0.2, 0) is 9.59 Å². The molecule has 4 rings (SSSR count). The molecule has 2 amide bonds. The fraction of sp³-hybridized carbons (Fsp3) is 0.474. The number of amides is 2. The quantitative estimate of drug-likeness (QED) is 0.769. The van der Waals surface area contributed by atoms with Crippen LogP contribution in [0.25, 0.3) is 17.2 Å². The molecule has 2 aliphatic rings. The zero-order chi connectivity index (χ0) is 19.7. The van der Waals surface area contributed by atoms with Crippen LogP contribution in [0.1, 0.15) is 24.8 Å². The molecular weight excluding hydrogens is 363 g/mol. The Morgan fingerprint density at radius 2 is 2.04 bits per heavy atom. The molecule has 0 aromatic carbocycles. The topological polar surface area (TPSA) is 108 Å². The van der Waals surface area contributed by atoms with Crippen molar-refractivity contribution < 1.29 is 14.0 Å². The summed E-state index contributed by atoms with van der Waals surface area (Å²) in [5.41, 5.74) is 7.18. The molecule has 1 aliphatic carbocycles. The van der Waals surface area contributed by atoms with E-state index < -0.39 is 12.1 Å². The van der Waals surface area contributed by atoms with E-state index in [0.29, 0.717) is 56.6 Å². The minimum absolute atomic E-state index is 0.0749. The number of anilines is 1. The number of H-pyrrole nitrogens is 1. The van der Waals surface area contributed by atoms with Crippen LogP contribution in [0.4, 0.5) is 10.2 Å². The van der Waals surface area contributed by atoms with Crippen LogP contribution >= 0.6 is 0 Å². The lowest BCUT2D eigenvalue weighted by molar-refractivity contribution is -0.135. The van der Waals surface area contributed by atoms with E-state index in [2.05, 4.69) is 19.9 Å². The van der Waals surface area contributed by atoms with Crippen molar-refractivity contribution in [3.05, 3.63) is 24.0 Å². The first kappa shape index (κ1) is 18.4. The van der Waals surface area contributed by atoms with Gasteiger partial charge in [-0.15, -0.1) is 0 Å². The number of fused-ring (bicyclic) bond motifs is 1. The maximum absolute atomic E-state index is 13.4. The average molecular weight is 386 g/mol. The van der Waals surface area contributed by atoms with E-state index in [4.69, 9.17) is 5.73 Å². The molecule has 3 heterocycles. The monoisotopic (exact) mass is 386 g/mol. The van der Waals surface area contributed by atoms with Crippen LogP contribution in [-0.4, -0.2) is 64.0 Å². The molecule has 1 saturated carbocycles. The Labute approximate surface area is 161 Å². The number of nitrogens with one attached hydrogen (secondary N) is 1. The van der Waals surface area contributed by atoms with Crippen molar-refractivity contribution in [3.63, 3.8) is 0 Å². The zero-order valence-corrected chi connectivity index (χ0v) is 15.5. The Hall–Kier alpha value is -2.97. The second-order valence-corrected chi connectivity index (χ2v) is 7.32. The van der Waals surface area contributed by atoms with Gasteiger partial charge in [0.25, 0.3) is 0 Å². The van der Waals surface area contributed by atoms with Gasteiger partial charge < -0.3 is 20.5 Å². The summed E-state index contributed by atoms with van der Waals surface area (Å²) in [7, 11) is 0. The number of carbonyl (C=O) groups is 2. The minimum atomic E-state index is -0.837. The highest BCUT2D eigenvalue weighted by atomic mass is 19.1.